The number of allylic oxidation sites excluding steroid dienone is 1. The molecule has 0 radical (unpaired) electrons. The van der Waals surface area contributed by atoms with Crippen LogP contribution in [0.15, 0.2) is 12.3 Å². The van der Waals surface area contributed by atoms with Crippen molar-refractivity contribution in [2.24, 2.45) is 0 Å². The molecule has 1 atom stereocenters. The molecule has 0 bridgehead atoms. The average Bonchev–Trinajstić information content (AvgIpc) is 3.14. The standard InChI is InChI=1S/C12H24O5Si/c1-4-15-18(16-5-2,17-6-3)9-7-8-13-10-12-11-14-12/h7-8,12H,4-6,9-11H2,1-3H3. The first-order valence-electron chi connectivity index (χ1n) is 6.56. The number of hydrogen-bond donors (Lipinski definition) is 0. The van der Waals surface area contributed by atoms with Crippen LogP contribution in [-0.2, 0) is 22.8 Å². The van der Waals surface area contributed by atoms with Gasteiger partial charge in [-0.3, -0.25) is 0 Å². The highest BCUT2D eigenvalue weighted by Gasteiger charge is 2.39. The minimum Gasteiger partial charge on any atom is -0.499 e. The Bertz CT molecular complexity index is 226. The van der Waals surface area contributed by atoms with Crippen molar-refractivity contribution < 1.29 is 22.8 Å². The second-order valence-electron chi connectivity index (χ2n) is 3.85. The summed E-state index contributed by atoms with van der Waals surface area (Å²) >= 11 is 0. The molecule has 0 aromatic rings. The maximum Gasteiger partial charge on any atom is 0.505 e. The molecule has 1 rings (SSSR count). The lowest BCUT2D eigenvalue weighted by atomic mass is 10.5. The van der Waals surface area contributed by atoms with Gasteiger partial charge in [0.15, 0.2) is 0 Å². The first-order valence-corrected chi connectivity index (χ1v) is 8.49. The van der Waals surface area contributed by atoms with Gasteiger partial charge in [0.25, 0.3) is 0 Å². The summed E-state index contributed by atoms with van der Waals surface area (Å²) in [4.78, 5) is 0. The Morgan fingerprint density at radius 1 is 1.11 bits per heavy atom. The summed E-state index contributed by atoms with van der Waals surface area (Å²) in [7, 11) is -2.56. The highest BCUT2D eigenvalue weighted by Crippen LogP contribution is 2.17. The summed E-state index contributed by atoms with van der Waals surface area (Å²) in [5.41, 5.74) is 0. The van der Waals surface area contributed by atoms with Gasteiger partial charge in [0.1, 0.15) is 12.7 Å². The normalized spacial score (nSPS) is 19.4. The molecule has 0 amide bonds. The minimum absolute atomic E-state index is 0.280. The number of epoxide rings is 1. The average molecular weight is 276 g/mol. The van der Waals surface area contributed by atoms with Gasteiger partial charge in [-0.2, -0.15) is 0 Å². The van der Waals surface area contributed by atoms with Crippen molar-refractivity contribution in [3.8, 4) is 0 Å². The molecule has 0 aromatic heterocycles. The van der Waals surface area contributed by atoms with Crippen LogP contribution in [0.1, 0.15) is 20.8 Å². The van der Waals surface area contributed by atoms with E-state index in [9.17, 15) is 0 Å². The van der Waals surface area contributed by atoms with Crippen LogP contribution in [0, 0.1) is 0 Å². The third kappa shape index (κ3) is 5.97. The zero-order valence-electron chi connectivity index (χ0n) is 11.5. The monoisotopic (exact) mass is 276 g/mol. The van der Waals surface area contributed by atoms with Gasteiger partial charge >= 0.3 is 8.80 Å². The molecule has 5 nitrogen and oxygen atoms in total. The summed E-state index contributed by atoms with van der Waals surface area (Å²) in [5, 5.41) is 0. The Labute approximate surface area is 110 Å². The van der Waals surface area contributed by atoms with Gasteiger partial charge in [-0.25, -0.2) is 0 Å². The topological polar surface area (TPSA) is 49.5 Å². The summed E-state index contributed by atoms with van der Waals surface area (Å²) < 4.78 is 27.5. The predicted molar refractivity (Wildman–Crippen MR) is 70.3 cm³/mol. The van der Waals surface area contributed by atoms with E-state index in [4.69, 9.17) is 22.8 Å². The van der Waals surface area contributed by atoms with E-state index in [1.807, 2.05) is 26.8 Å². The molecule has 18 heavy (non-hydrogen) atoms. The largest absolute Gasteiger partial charge is 0.505 e. The second-order valence-corrected chi connectivity index (χ2v) is 6.49. The van der Waals surface area contributed by atoms with Crippen molar-refractivity contribution in [2.45, 2.75) is 32.9 Å². The van der Waals surface area contributed by atoms with E-state index in [0.717, 1.165) is 6.61 Å². The van der Waals surface area contributed by atoms with Crippen LogP contribution in [0.3, 0.4) is 0 Å². The van der Waals surface area contributed by atoms with Crippen LogP contribution in [0.5, 0.6) is 0 Å². The Morgan fingerprint density at radius 2 is 1.67 bits per heavy atom. The van der Waals surface area contributed by atoms with Crippen molar-refractivity contribution in [3.05, 3.63) is 12.3 Å². The Balaban J connectivity index is 2.35. The molecule has 1 saturated heterocycles. The van der Waals surface area contributed by atoms with Crippen LogP contribution >= 0.6 is 0 Å². The van der Waals surface area contributed by atoms with Gasteiger partial charge < -0.3 is 22.8 Å². The van der Waals surface area contributed by atoms with Gasteiger partial charge in [0.05, 0.1) is 12.9 Å². The molecule has 1 unspecified atom stereocenters. The van der Waals surface area contributed by atoms with E-state index >= 15 is 0 Å². The van der Waals surface area contributed by atoms with Gasteiger partial charge in [-0.15, -0.1) is 0 Å². The molecule has 0 aromatic carbocycles. The Morgan fingerprint density at radius 3 is 2.11 bits per heavy atom. The predicted octanol–water partition coefficient (Wildman–Crippen LogP) is 1.96. The summed E-state index contributed by atoms with van der Waals surface area (Å²) in [6.45, 7) is 9.05. The van der Waals surface area contributed by atoms with E-state index in [1.54, 1.807) is 6.26 Å². The first-order chi connectivity index (χ1) is 8.76. The molecule has 0 saturated carbocycles. The summed E-state index contributed by atoms with van der Waals surface area (Å²) in [6.07, 6.45) is 3.87. The van der Waals surface area contributed by atoms with E-state index in [1.165, 1.54) is 0 Å². The summed E-state index contributed by atoms with van der Waals surface area (Å²) in [6, 6.07) is 0.633. The number of ether oxygens (including phenoxy) is 2. The zero-order valence-corrected chi connectivity index (χ0v) is 12.5. The van der Waals surface area contributed by atoms with Crippen molar-refractivity contribution in [1.82, 2.24) is 0 Å². The van der Waals surface area contributed by atoms with Crippen LogP contribution in [0.4, 0.5) is 0 Å². The molecule has 1 aliphatic rings. The van der Waals surface area contributed by atoms with Crippen LogP contribution in [-0.4, -0.2) is 47.9 Å². The van der Waals surface area contributed by atoms with Gasteiger partial charge in [0.2, 0.25) is 0 Å². The lowest BCUT2D eigenvalue weighted by Crippen LogP contribution is -2.45. The fourth-order valence-corrected chi connectivity index (χ4v) is 3.86. The van der Waals surface area contributed by atoms with Crippen molar-refractivity contribution in [1.29, 1.82) is 0 Å². The second kappa shape index (κ2) is 8.66. The van der Waals surface area contributed by atoms with Gasteiger partial charge in [-0.1, -0.05) is 0 Å². The zero-order chi connectivity index (χ0) is 13.3. The Hall–Kier alpha value is -0.403. The fraction of sp³-hybridized carbons (Fsp3) is 0.833. The lowest BCUT2D eigenvalue weighted by molar-refractivity contribution is 0.0740. The SMILES string of the molecule is CCO[Si](CC=COCC1CO1)(OCC)OCC. The minimum atomic E-state index is -2.56. The van der Waals surface area contributed by atoms with Gasteiger partial charge in [0, 0.05) is 25.9 Å². The van der Waals surface area contributed by atoms with E-state index in [2.05, 4.69) is 0 Å². The molecular weight excluding hydrogens is 252 g/mol. The molecule has 0 aliphatic carbocycles. The highest BCUT2D eigenvalue weighted by atomic mass is 28.4. The molecule has 1 heterocycles. The van der Waals surface area contributed by atoms with E-state index in [-0.39, 0.29) is 6.10 Å². The molecular formula is C12H24O5Si. The molecule has 0 N–H and O–H groups in total. The van der Waals surface area contributed by atoms with Crippen LogP contribution in [0.25, 0.3) is 0 Å². The highest BCUT2D eigenvalue weighted by molar-refractivity contribution is 6.61. The third-order valence-electron chi connectivity index (χ3n) is 2.34. The van der Waals surface area contributed by atoms with Crippen molar-refractivity contribution in [3.63, 3.8) is 0 Å². The Kier molecular flexibility index (Phi) is 7.53. The van der Waals surface area contributed by atoms with Crippen LogP contribution in [0.2, 0.25) is 6.04 Å². The first kappa shape index (κ1) is 15.7. The quantitative estimate of drug-likeness (QED) is 0.328. The molecule has 106 valence electrons. The van der Waals surface area contributed by atoms with E-state index < -0.39 is 8.80 Å². The van der Waals surface area contributed by atoms with E-state index in [0.29, 0.717) is 32.5 Å². The lowest BCUT2D eigenvalue weighted by Gasteiger charge is -2.27. The number of rotatable bonds is 11. The molecule has 1 aliphatic heterocycles. The smallest absolute Gasteiger partial charge is 0.499 e. The van der Waals surface area contributed by atoms with Gasteiger partial charge in [-0.05, 0) is 26.8 Å². The van der Waals surface area contributed by atoms with Crippen LogP contribution < -0.4 is 0 Å². The fourth-order valence-electron chi connectivity index (χ4n) is 1.55. The summed E-state index contributed by atoms with van der Waals surface area (Å²) in [5.74, 6) is 0. The van der Waals surface area contributed by atoms with Crippen molar-refractivity contribution in [2.75, 3.05) is 33.0 Å². The third-order valence-corrected chi connectivity index (χ3v) is 5.26. The maximum absolute atomic E-state index is 5.71. The number of hydrogen-bond acceptors (Lipinski definition) is 5. The maximum atomic E-state index is 5.71. The van der Waals surface area contributed by atoms with Crippen molar-refractivity contribution >= 4 is 8.80 Å². The molecule has 0 spiro atoms. The molecule has 6 heteroatoms. The molecule has 1 fully saturated rings.